The Morgan fingerprint density at radius 3 is 2.49 bits per heavy atom. The van der Waals surface area contributed by atoms with Crippen LogP contribution in [0.15, 0.2) is 30.5 Å². The van der Waals surface area contributed by atoms with Crippen LogP contribution in [0.5, 0.6) is 5.75 Å². The van der Waals surface area contributed by atoms with E-state index in [0.717, 1.165) is 31.2 Å². The lowest BCUT2D eigenvalue weighted by Gasteiger charge is -2.26. The standard InChI is InChI=1S/C26H29F2N3O4/c1-15-11-22(35-14-19-20(27)5-4-6-21(19)28)24-30-16(2)23(31(24)13-15)25(32)29-12-17-7-9-18(10-8-17)26(33)34-3/h4-6,11,13,17-18H,7-10,12,14H2,1-3H3,(H,29,32)/t17-,18-. The highest BCUT2D eigenvalue weighted by molar-refractivity contribution is 5.95. The first-order valence-electron chi connectivity index (χ1n) is 11.7. The van der Waals surface area contributed by atoms with Gasteiger partial charge in [0, 0.05) is 12.7 Å². The van der Waals surface area contributed by atoms with Crippen molar-refractivity contribution in [3.05, 3.63) is 64.6 Å². The predicted molar refractivity (Wildman–Crippen MR) is 125 cm³/mol. The topological polar surface area (TPSA) is 81.9 Å². The largest absolute Gasteiger partial charge is 0.485 e. The Labute approximate surface area is 202 Å². The minimum Gasteiger partial charge on any atom is -0.485 e. The molecule has 186 valence electrons. The molecule has 1 N–H and O–H groups in total. The van der Waals surface area contributed by atoms with E-state index in [9.17, 15) is 18.4 Å². The molecule has 35 heavy (non-hydrogen) atoms. The van der Waals surface area contributed by atoms with Gasteiger partial charge in [0.2, 0.25) is 0 Å². The molecule has 1 aromatic carbocycles. The van der Waals surface area contributed by atoms with E-state index in [2.05, 4.69) is 10.3 Å². The second kappa shape index (κ2) is 10.4. The second-order valence-corrected chi connectivity index (χ2v) is 9.06. The highest BCUT2D eigenvalue weighted by atomic mass is 19.1. The van der Waals surface area contributed by atoms with Gasteiger partial charge in [0.25, 0.3) is 5.91 Å². The third-order valence-corrected chi connectivity index (χ3v) is 6.58. The number of halogens is 2. The Balaban J connectivity index is 1.48. The molecule has 0 spiro atoms. The Bertz CT molecular complexity index is 1230. The Morgan fingerprint density at radius 1 is 1.14 bits per heavy atom. The molecule has 0 bridgehead atoms. The summed E-state index contributed by atoms with van der Waals surface area (Å²) in [5.74, 6) is -1.25. The zero-order valence-electron chi connectivity index (χ0n) is 20.1. The summed E-state index contributed by atoms with van der Waals surface area (Å²) in [6.45, 7) is 3.77. The van der Waals surface area contributed by atoms with E-state index in [4.69, 9.17) is 9.47 Å². The molecule has 3 aromatic rings. The number of hydrogen-bond acceptors (Lipinski definition) is 5. The average molecular weight is 486 g/mol. The number of rotatable bonds is 7. The summed E-state index contributed by atoms with van der Waals surface area (Å²) in [5.41, 5.74) is 1.93. The van der Waals surface area contributed by atoms with Gasteiger partial charge in [-0.1, -0.05) is 6.07 Å². The fourth-order valence-electron chi connectivity index (χ4n) is 4.65. The summed E-state index contributed by atoms with van der Waals surface area (Å²) < 4.78 is 40.3. The van der Waals surface area contributed by atoms with Gasteiger partial charge in [0.15, 0.2) is 11.4 Å². The van der Waals surface area contributed by atoms with Gasteiger partial charge < -0.3 is 14.8 Å². The number of carbonyl (C=O) groups excluding carboxylic acids is 2. The third kappa shape index (κ3) is 5.28. The number of imidazole rings is 1. The molecule has 0 atom stereocenters. The lowest BCUT2D eigenvalue weighted by molar-refractivity contribution is -0.146. The molecule has 1 fully saturated rings. The maximum absolute atomic E-state index is 14.0. The first-order valence-corrected chi connectivity index (χ1v) is 11.7. The van der Waals surface area contributed by atoms with E-state index in [0.29, 0.717) is 29.3 Å². The molecule has 4 rings (SSSR count). The molecule has 2 heterocycles. The van der Waals surface area contributed by atoms with Crippen LogP contribution in [0.25, 0.3) is 5.65 Å². The van der Waals surface area contributed by atoms with E-state index in [1.165, 1.54) is 25.3 Å². The summed E-state index contributed by atoms with van der Waals surface area (Å²) in [6, 6.07) is 5.38. The van der Waals surface area contributed by atoms with E-state index < -0.39 is 11.6 Å². The van der Waals surface area contributed by atoms with Crippen LogP contribution in [-0.2, 0) is 16.1 Å². The van der Waals surface area contributed by atoms with E-state index in [1.807, 2.05) is 6.92 Å². The summed E-state index contributed by atoms with van der Waals surface area (Å²) >= 11 is 0. The second-order valence-electron chi connectivity index (χ2n) is 9.06. The lowest BCUT2D eigenvalue weighted by atomic mass is 9.82. The number of nitrogens with zero attached hydrogens (tertiary/aromatic N) is 2. The number of methoxy groups -OCH3 is 1. The number of aryl methyl sites for hydroxylation is 2. The van der Waals surface area contributed by atoms with Crippen molar-refractivity contribution >= 4 is 17.5 Å². The number of pyridine rings is 1. The number of carbonyl (C=O) groups is 2. The molecule has 0 unspecified atom stereocenters. The molecule has 1 saturated carbocycles. The highest BCUT2D eigenvalue weighted by Crippen LogP contribution is 2.30. The van der Waals surface area contributed by atoms with Crippen molar-refractivity contribution in [1.82, 2.24) is 14.7 Å². The van der Waals surface area contributed by atoms with Crippen molar-refractivity contribution in [2.24, 2.45) is 11.8 Å². The molecular weight excluding hydrogens is 456 g/mol. The summed E-state index contributed by atoms with van der Waals surface area (Å²) in [7, 11) is 1.41. The Kier molecular flexibility index (Phi) is 7.33. The van der Waals surface area contributed by atoms with Gasteiger partial charge in [-0.25, -0.2) is 13.8 Å². The van der Waals surface area contributed by atoms with E-state index in [-0.39, 0.29) is 35.9 Å². The maximum Gasteiger partial charge on any atom is 0.308 e. The number of amides is 1. The van der Waals surface area contributed by atoms with Crippen LogP contribution >= 0.6 is 0 Å². The number of aromatic nitrogens is 2. The molecule has 1 amide bonds. The molecule has 9 heteroatoms. The molecule has 0 saturated heterocycles. The smallest absolute Gasteiger partial charge is 0.308 e. The van der Waals surface area contributed by atoms with Crippen molar-refractivity contribution in [2.45, 2.75) is 46.1 Å². The van der Waals surface area contributed by atoms with Gasteiger partial charge in [-0.05, 0) is 69.2 Å². The average Bonchev–Trinajstić information content (AvgIpc) is 3.17. The normalized spacial score (nSPS) is 17.9. The van der Waals surface area contributed by atoms with Crippen LogP contribution in [0, 0.1) is 37.3 Å². The molecular formula is C26H29F2N3O4. The zero-order valence-corrected chi connectivity index (χ0v) is 20.1. The third-order valence-electron chi connectivity index (χ3n) is 6.58. The van der Waals surface area contributed by atoms with Crippen LogP contribution in [0.2, 0.25) is 0 Å². The number of esters is 1. The fraction of sp³-hybridized carbons (Fsp3) is 0.423. The predicted octanol–water partition coefficient (Wildman–Crippen LogP) is 4.52. The molecule has 7 nitrogen and oxygen atoms in total. The van der Waals surface area contributed by atoms with Gasteiger partial charge in [-0.3, -0.25) is 14.0 Å². The molecule has 1 aliphatic carbocycles. The highest BCUT2D eigenvalue weighted by Gasteiger charge is 2.28. The van der Waals surface area contributed by atoms with E-state index >= 15 is 0 Å². The van der Waals surface area contributed by atoms with Gasteiger partial charge in [-0.2, -0.15) is 0 Å². The molecule has 2 aromatic heterocycles. The van der Waals surface area contributed by atoms with Crippen molar-refractivity contribution < 1.29 is 27.8 Å². The maximum atomic E-state index is 14.0. The summed E-state index contributed by atoms with van der Waals surface area (Å²) in [4.78, 5) is 29.3. The van der Waals surface area contributed by atoms with Crippen LogP contribution in [0.1, 0.15) is 53.0 Å². The van der Waals surface area contributed by atoms with Crippen LogP contribution in [-0.4, -0.2) is 34.9 Å². The fourth-order valence-corrected chi connectivity index (χ4v) is 4.65. The number of fused-ring (bicyclic) bond motifs is 1. The number of nitrogens with one attached hydrogen (secondary N) is 1. The number of hydrogen-bond donors (Lipinski definition) is 1. The lowest BCUT2D eigenvalue weighted by Crippen LogP contribution is -2.33. The van der Waals surface area contributed by atoms with Crippen LogP contribution in [0.4, 0.5) is 8.78 Å². The number of benzene rings is 1. The van der Waals surface area contributed by atoms with Gasteiger partial charge >= 0.3 is 5.97 Å². The monoisotopic (exact) mass is 485 g/mol. The molecule has 0 aliphatic heterocycles. The summed E-state index contributed by atoms with van der Waals surface area (Å²) in [6.07, 6.45) is 4.98. The SMILES string of the molecule is COC(=O)[C@H]1CC[C@H](CNC(=O)c2c(C)nc3c(OCc4c(F)cccc4F)cc(C)cn23)CC1. The van der Waals surface area contributed by atoms with Crippen LogP contribution < -0.4 is 10.1 Å². The van der Waals surface area contributed by atoms with Crippen molar-refractivity contribution in [3.63, 3.8) is 0 Å². The van der Waals surface area contributed by atoms with Gasteiger partial charge in [0.1, 0.15) is 23.9 Å². The molecule has 1 aliphatic rings. The summed E-state index contributed by atoms with van der Waals surface area (Å²) in [5, 5.41) is 3.00. The van der Waals surface area contributed by atoms with Crippen molar-refractivity contribution in [2.75, 3.05) is 13.7 Å². The minimum atomic E-state index is -0.686. The zero-order chi connectivity index (χ0) is 25.1. The van der Waals surface area contributed by atoms with Gasteiger partial charge in [0.05, 0.1) is 24.3 Å². The first kappa shape index (κ1) is 24.6. The van der Waals surface area contributed by atoms with Gasteiger partial charge in [-0.15, -0.1) is 0 Å². The minimum absolute atomic E-state index is 0.0628. The molecule has 0 radical (unpaired) electrons. The van der Waals surface area contributed by atoms with E-state index in [1.54, 1.807) is 23.6 Å². The number of ether oxygens (including phenoxy) is 2. The van der Waals surface area contributed by atoms with Crippen molar-refractivity contribution in [3.8, 4) is 5.75 Å². The van der Waals surface area contributed by atoms with Crippen LogP contribution in [0.3, 0.4) is 0 Å². The first-order chi connectivity index (χ1) is 16.8. The Morgan fingerprint density at radius 2 is 1.83 bits per heavy atom. The quantitative estimate of drug-likeness (QED) is 0.498. The Hall–Kier alpha value is -3.49. The van der Waals surface area contributed by atoms with Crippen molar-refractivity contribution in [1.29, 1.82) is 0 Å².